The largest absolute Gasteiger partial charge is 0.493 e. The molecular weight excluding hydrogens is 363 g/mol. The first-order valence-corrected chi connectivity index (χ1v) is 9.14. The van der Waals surface area contributed by atoms with Gasteiger partial charge in [0, 0.05) is 37.2 Å². The highest BCUT2D eigenvalue weighted by molar-refractivity contribution is 5.64. The lowest BCUT2D eigenvalue weighted by Gasteiger charge is -2.26. The molecule has 0 N–H and O–H groups in total. The molecule has 0 spiro atoms. The molecule has 0 unspecified atom stereocenters. The van der Waals surface area contributed by atoms with Crippen LogP contribution < -0.4 is 14.2 Å². The Kier molecular flexibility index (Phi) is 4.16. The van der Waals surface area contributed by atoms with Gasteiger partial charge in [0.05, 0.1) is 7.11 Å². The molecule has 1 aromatic heterocycles. The van der Waals surface area contributed by atoms with E-state index >= 15 is 0 Å². The number of halogens is 1. The number of methoxy groups -OCH3 is 1. The first kappa shape index (κ1) is 17.1. The lowest BCUT2D eigenvalue weighted by molar-refractivity contribution is 0.171. The first-order valence-electron chi connectivity index (χ1n) is 9.14. The maximum absolute atomic E-state index is 14.2. The summed E-state index contributed by atoms with van der Waals surface area (Å²) in [5.74, 6) is 2.55. The molecular formula is C21H19FN2O4. The Hall–Kier alpha value is -3.06. The molecule has 0 saturated carbocycles. The monoisotopic (exact) mass is 382 g/mol. The summed E-state index contributed by atoms with van der Waals surface area (Å²) < 4.78 is 36.1. The van der Waals surface area contributed by atoms with Crippen molar-refractivity contribution in [1.29, 1.82) is 0 Å². The second-order valence-electron chi connectivity index (χ2n) is 6.91. The number of hydrogen-bond acceptors (Lipinski definition) is 6. The minimum Gasteiger partial charge on any atom is -0.493 e. The molecule has 0 aliphatic carbocycles. The third kappa shape index (κ3) is 2.88. The van der Waals surface area contributed by atoms with Gasteiger partial charge in [-0.15, -0.1) is 0 Å². The second-order valence-corrected chi connectivity index (χ2v) is 6.91. The molecule has 2 aliphatic rings. The van der Waals surface area contributed by atoms with Crippen LogP contribution in [0.2, 0.25) is 0 Å². The molecule has 3 heterocycles. The molecule has 0 atom stereocenters. The average molecular weight is 382 g/mol. The van der Waals surface area contributed by atoms with Gasteiger partial charge in [-0.3, -0.25) is 4.90 Å². The summed E-state index contributed by atoms with van der Waals surface area (Å²) >= 11 is 0. The summed E-state index contributed by atoms with van der Waals surface area (Å²) in [6.07, 6.45) is 0.735. The van der Waals surface area contributed by atoms with Gasteiger partial charge < -0.3 is 18.7 Å². The molecule has 2 aliphatic heterocycles. The van der Waals surface area contributed by atoms with E-state index in [1.807, 2.05) is 12.1 Å². The van der Waals surface area contributed by atoms with Crippen LogP contribution in [0.3, 0.4) is 0 Å². The SMILES string of the molecule is COc1cc(CN2CCc3onc(-c4ccccc4F)c3C2)cc2c1OCO2. The molecule has 28 heavy (non-hydrogen) atoms. The van der Waals surface area contributed by atoms with Gasteiger partial charge in [-0.1, -0.05) is 17.3 Å². The standard InChI is InChI=1S/C21H19FN2O4/c1-25-18-8-13(9-19-21(18)27-12-26-19)10-24-7-6-17-15(11-24)20(23-28-17)14-4-2-3-5-16(14)22/h2-5,8-9H,6-7,10-12H2,1H3. The van der Waals surface area contributed by atoms with Gasteiger partial charge in [0.1, 0.15) is 17.3 Å². The lowest BCUT2D eigenvalue weighted by Crippen LogP contribution is -2.29. The molecule has 7 heteroatoms. The molecule has 5 rings (SSSR count). The molecule has 0 fully saturated rings. The van der Waals surface area contributed by atoms with Crippen molar-refractivity contribution in [2.75, 3.05) is 20.4 Å². The third-order valence-corrected chi connectivity index (χ3v) is 5.16. The van der Waals surface area contributed by atoms with Crippen molar-refractivity contribution in [2.45, 2.75) is 19.5 Å². The summed E-state index contributed by atoms with van der Waals surface area (Å²) in [6, 6.07) is 10.6. The van der Waals surface area contributed by atoms with Crippen LogP contribution in [0.5, 0.6) is 17.2 Å². The Balaban J connectivity index is 1.41. The first-order chi connectivity index (χ1) is 13.7. The molecule has 144 valence electrons. The second kappa shape index (κ2) is 6.83. The molecule has 6 nitrogen and oxygen atoms in total. The fraction of sp³-hybridized carbons (Fsp3) is 0.286. The van der Waals surface area contributed by atoms with E-state index in [-0.39, 0.29) is 12.6 Å². The van der Waals surface area contributed by atoms with Crippen LogP contribution in [0.15, 0.2) is 40.9 Å². The van der Waals surface area contributed by atoms with Crippen LogP contribution >= 0.6 is 0 Å². The highest BCUT2D eigenvalue weighted by atomic mass is 19.1. The van der Waals surface area contributed by atoms with Crippen LogP contribution in [-0.2, 0) is 19.5 Å². The number of ether oxygens (including phenoxy) is 3. The van der Waals surface area contributed by atoms with Gasteiger partial charge >= 0.3 is 0 Å². The van der Waals surface area contributed by atoms with Gasteiger partial charge in [0.15, 0.2) is 11.5 Å². The van der Waals surface area contributed by atoms with Crippen LogP contribution in [0.4, 0.5) is 4.39 Å². The van der Waals surface area contributed by atoms with Crippen LogP contribution in [-0.4, -0.2) is 30.5 Å². The lowest BCUT2D eigenvalue weighted by atomic mass is 10.0. The van der Waals surface area contributed by atoms with Gasteiger partial charge in [-0.25, -0.2) is 4.39 Å². The van der Waals surface area contributed by atoms with Crippen LogP contribution in [0, 0.1) is 5.82 Å². The van der Waals surface area contributed by atoms with E-state index in [1.54, 1.807) is 25.3 Å². The van der Waals surface area contributed by atoms with Gasteiger partial charge in [-0.05, 0) is 29.8 Å². The van der Waals surface area contributed by atoms with Crippen molar-refractivity contribution < 1.29 is 23.1 Å². The predicted molar refractivity (Wildman–Crippen MR) is 98.8 cm³/mol. The Morgan fingerprint density at radius 1 is 1.21 bits per heavy atom. The van der Waals surface area contributed by atoms with Crippen molar-refractivity contribution in [2.24, 2.45) is 0 Å². The zero-order valence-electron chi connectivity index (χ0n) is 15.4. The summed E-state index contributed by atoms with van der Waals surface area (Å²) in [4.78, 5) is 2.28. The summed E-state index contributed by atoms with van der Waals surface area (Å²) in [6.45, 7) is 2.37. The summed E-state index contributed by atoms with van der Waals surface area (Å²) in [5, 5.41) is 4.15. The van der Waals surface area contributed by atoms with E-state index < -0.39 is 0 Å². The number of fused-ring (bicyclic) bond motifs is 2. The highest BCUT2D eigenvalue weighted by Crippen LogP contribution is 2.42. The summed E-state index contributed by atoms with van der Waals surface area (Å²) in [5.41, 5.74) is 3.07. The Morgan fingerprint density at radius 2 is 2.11 bits per heavy atom. The van der Waals surface area contributed by atoms with E-state index in [9.17, 15) is 4.39 Å². The molecule has 0 saturated heterocycles. The van der Waals surface area contributed by atoms with Crippen molar-refractivity contribution in [3.63, 3.8) is 0 Å². The minimum absolute atomic E-state index is 0.203. The third-order valence-electron chi connectivity index (χ3n) is 5.16. The quantitative estimate of drug-likeness (QED) is 0.685. The predicted octanol–water partition coefficient (Wildman–Crippen LogP) is 3.78. The van der Waals surface area contributed by atoms with Crippen LogP contribution in [0.25, 0.3) is 11.3 Å². The van der Waals surface area contributed by atoms with Crippen LogP contribution in [0.1, 0.15) is 16.9 Å². The van der Waals surface area contributed by atoms with Gasteiger partial charge in [0.2, 0.25) is 12.5 Å². The van der Waals surface area contributed by atoms with E-state index in [0.717, 1.165) is 29.9 Å². The zero-order chi connectivity index (χ0) is 19.1. The average Bonchev–Trinajstić information content (AvgIpc) is 3.34. The highest BCUT2D eigenvalue weighted by Gasteiger charge is 2.27. The van der Waals surface area contributed by atoms with Crippen molar-refractivity contribution in [3.8, 4) is 28.5 Å². The topological polar surface area (TPSA) is 57.0 Å². The fourth-order valence-electron chi connectivity index (χ4n) is 3.80. The van der Waals surface area contributed by atoms with Crippen molar-refractivity contribution in [3.05, 3.63) is 59.1 Å². The number of nitrogens with zero attached hydrogens (tertiary/aromatic N) is 2. The minimum atomic E-state index is -0.295. The number of benzene rings is 2. The Bertz CT molecular complexity index is 1030. The van der Waals surface area contributed by atoms with E-state index in [2.05, 4.69) is 10.1 Å². The fourth-order valence-corrected chi connectivity index (χ4v) is 3.80. The maximum Gasteiger partial charge on any atom is 0.231 e. The molecule has 2 aromatic carbocycles. The van der Waals surface area contributed by atoms with E-state index in [1.165, 1.54) is 6.07 Å². The van der Waals surface area contributed by atoms with Crippen molar-refractivity contribution in [1.82, 2.24) is 10.1 Å². The molecule has 0 amide bonds. The van der Waals surface area contributed by atoms with Gasteiger partial charge in [0.25, 0.3) is 0 Å². The molecule has 0 bridgehead atoms. The maximum atomic E-state index is 14.2. The summed E-state index contributed by atoms with van der Waals surface area (Å²) in [7, 11) is 1.62. The van der Waals surface area contributed by atoms with Crippen molar-refractivity contribution >= 4 is 0 Å². The number of aromatic nitrogens is 1. The number of rotatable bonds is 4. The Labute approximate surface area is 161 Å². The normalized spacial score (nSPS) is 15.5. The Morgan fingerprint density at radius 3 is 2.96 bits per heavy atom. The van der Waals surface area contributed by atoms with Gasteiger partial charge in [-0.2, -0.15) is 0 Å². The molecule has 3 aromatic rings. The van der Waals surface area contributed by atoms with E-state index in [4.69, 9.17) is 18.7 Å². The van der Waals surface area contributed by atoms with E-state index in [0.29, 0.717) is 41.6 Å². The molecule has 0 radical (unpaired) electrons. The zero-order valence-corrected chi connectivity index (χ0v) is 15.4. The number of hydrogen-bond donors (Lipinski definition) is 0. The smallest absolute Gasteiger partial charge is 0.231 e.